The van der Waals surface area contributed by atoms with Gasteiger partial charge in [0.25, 0.3) is 17.7 Å². The zero-order chi connectivity index (χ0) is 23.3. The predicted octanol–water partition coefficient (Wildman–Crippen LogP) is 2.39. The molecule has 8 nitrogen and oxygen atoms in total. The van der Waals surface area contributed by atoms with Crippen LogP contribution in [0.3, 0.4) is 0 Å². The normalized spacial score (nSPS) is 15.9. The number of rotatable bonds is 6. The third kappa shape index (κ3) is 5.15. The van der Waals surface area contributed by atoms with Crippen LogP contribution in [-0.2, 0) is 4.79 Å². The number of ether oxygens (including phenoxy) is 1. The molecule has 1 aliphatic heterocycles. The van der Waals surface area contributed by atoms with E-state index in [0.717, 1.165) is 0 Å². The highest BCUT2D eigenvalue weighted by Gasteiger charge is 2.41. The van der Waals surface area contributed by atoms with Gasteiger partial charge in [0.2, 0.25) is 0 Å². The first kappa shape index (κ1) is 23.8. The number of methoxy groups -OCH3 is 1. The number of benzene rings is 2. The minimum absolute atomic E-state index is 0.167. The van der Waals surface area contributed by atoms with Gasteiger partial charge in [-0.25, -0.2) is 0 Å². The summed E-state index contributed by atoms with van der Waals surface area (Å²) in [5, 5.41) is 3.24. The van der Waals surface area contributed by atoms with Crippen LogP contribution in [0, 0.1) is 0 Å². The van der Waals surface area contributed by atoms with Crippen molar-refractivity contribution in [2.45, 2.75) is 12.6 Å². The Labute approximate surface area is 196 Å². The molecule has 0 radical (unpaired) electrons. The summed E-state index contributed by atoms with van der Waals surface area (Å²) in [7, 11) is 1.50. The Kier molecular flexibility index (Phi) is 7.95. The fourth-order valence-electron chi connectivity index (χ4n) is 3.56. The molecule has 1 unspecified atom stereocenters. The summed E-state index contributed by atoms with van der Waals surface area (Å²) in [4.78, 5) is 42.5. The van der Waals surface area contributed by atoms with E-state index in [0.29, 0.717) is 29.3 Å². The summed E-state index contributed by atoms with van der Waals surface area (Å²) in [6, 6.07) is 11.2. The van der Waals surface area contributed by atoms with Crippen LogP contribution in [0.5, 0.6) is 5.75 Å². The minimum Gasteiger partial charge on any atom is -0.497 e. The lowest BCUT2D eigenvalue weighted by Gasteiger charge is -2.42. The van der Waals surface area contributed by atoms with E-state index in [-0.39, 0.29) is 30.2 Å². The first-order chi connectivity index (χ1) is 15.4. The Morgan fingerprint density at radius 3 is 2.47 bits per heavy atom. The number of nitrogens with one attached hydrogen (secondary N) is 1. The number of nitrogens with two attached hydrogens (primary N) is 1. The first-order valence-corrected chi connectivity index (χ1v) is 10.8. The molecule has 3 rings (SSSR count). The topological polar surface area (TPSA) is 105 Å². The second kappa shape index (κ2) is 10.7. The Morgan fingerprint density at radius 2 is 1.81 bits per heavy atom. The summed E-state index contributed by atoms with van der Waals surface area (Å²) in [5.74, 6) is -0.845. The maximum absolute atomic E-state index is 13.4. The molecule has 1 saturated heterocycles. The molecule has 0 spiro atoms. The van der Waals surface area contributed by atoms with Crippen LogP contribution in [0.1, 0.15) is 27.1 Å². The second-order valence-electron chi connectivity index (χ2n) is 7.16. The predicted molar refractivity (Wildman–Crippen MR) is 122 cm³/mol. The molecule has 0 aromatic heterocycles. The average Bonchev–Trinajstić information content (AvgIpc) is 2.81. The number of nitrogens with zero attached hydrogens (tertiary/aromatic N) is 2. The fourth-order valence-corrected chi connectivity index (χ4v) is 4.05. The number of hydrogen-bond donors (Lipinski definition) is 2. The smallest absolute Gasteiger partial charge is 0.263 e. The number of carbonyl (C=O) groups is 3. The molecule has 2 aromatic rings. The van der Waals surface area contributed by atoms with Crippen LogP contribution in [0.2, 0.25) is 10.0 Å². The lowest BCUT2D eigenvalue weighted by Crippen LogP contribution is -2.63. The van der Waals surface area contributed by atoms with Crippen LogP contribution in [0.15, 0.2) is 42.5 Å². The third-order valence-corrected chi connectivity index (χ3v) is 5.61. The molecule has 10 heteroatoms. The quantitative estimate of drug-likeness (QED) is 0.662. The van der Waals surface area contributed by atoms with Gasteiger partial charge in [-0.1, -0.05) is 29.3 Å². The van der Waals surface area contributed by atoms with Gasteiger partial charge in [0, 0.05) is 36.8 Å². The number of hydrogen-bond acceptors (Lipinski definition) is 5. The molecule has 2 aromatic carbocycles. The molecule has 1 heterocycles. The van der Waals surface area contributed by atoms with Crippen molar-refractivity contribution in [3.63, 3.8) is 0 Å². The van der Waals surface area contributed by atoms with E-state index in [1.165, 1.54) is 29.0 Å². The van der Waals surface area contributed by atoms with Crippen molar-refractivity contribution in [2.24, 2.45) is 5.73 Å². The number of amides is 3. The van der Waals surface area contributed by atoms with Gasteiger partial charge in [0.05, 0.1) is 17.7 Å². The van der Waals surface area contributed by atoms with Crippen molar-refractivity contribution >= 4 is 40.9 Å². The molecule has 170 valence electrons. The zero-order valence-electron chi connectivity index (χ0n) is 17.5. The SMILES string of the molecule is COc1cccc(C(=O)N2CCCN(C(=O)c3ccc(Cl)cc3Cl)C2C(=O)NCCN)c1. The van der Waals surface area contributed by atoms with E-state index < -0.39 is 23.9 Å². The van der Waals surface area contributed by atoms with E-state index in [4.69, 9.17) is 33.7 Å². The van der Waals surface area contributed by atoms with Crippen molar-refractivity contribution in [2.75, 3.05) is 33.3 Å². The van der Waals surface area contributed by atoms with Gasteiger partial charge in [-0.2, -0.15) is 0 Å². The molecule has 0 bridgehead atoms. The summed E-state index contributed by atoms with van der Waals surface area (Å²) in [6.45, 7) is 1.01. The Balaban J connectivity index is 1.98. The molecule has 3 amide bonds. The molecule has 0 aliphatic carbocycles. The molecule has 1 atom stereocenters. The first-order valence-electron chi connectivity index (χ1n) is 10.1. The largest absolute Gasteiger partial charge is 0.497 e. The van der Waals surface area contributed by atoms with Crippen molar-refractivity contribution in [1.29, 1.82) is 0 Å². The van der Waals surface area contributed by atoms with Crippen LogP contribution < -0.4 is 15.8 Å². The van der Waals surface area contributed by atoms with Crippen LogP contribution in [-0.4, -0.2) is 67.0 Å². The van der Waals surface area contributed by atoms with Crippen molar-refractivity contribution in [1.82, 2.24) is 15.1 Å². The highest BCUT2D eigenvalue weighted by atomic mass is 35.5. The molecule has 3 N–H and O–H groups in total. The summed E-state index contributed by atoms with van der Waals surface area (Å²) >= 11 is 12.2. The molecule has 0 saturated carbocycles. The van der Waals surface area contributed by atoms with Gasteiger partial charge in [-0.3, -0.25) is 14.4 Å². The van der Waals surface area contributed by atoms with Crippen LogP contribution in [0.4, 0.5) is 0 Å². The van der Waals surface area contributed by atoms with Crippen molar-refractivity contribution in [3.8, 4) is 5.75 Å². The van der Waals surface area contributed by atoms with E-state index >= 15 is 0 Å². The minimum atomic E-state index is -1.16. The van der Waals surface area contributed by atoms with E-state index in [2.05, 4.69) is 5.32 Å². The molecular formula is C22H24Cl2N4O4. The zero-order valence-corrected chi connectivity index (χ0v) is 19.0. The Morgan fingerprint density at radius 1 is 1.09 bits per heavy atom. The Hall–Kier alpha value is -2.81. The maximum Gasteiger partial charge on any atom is 0.263 e. The molecule has 1 aliphatic rings. The van der Waals surface area contributed by atoms with E-state index in [9.17, 15) is 14.4 Å². The molecular weight excluding hydrogens is 455 g/mol. The van der Waals surface area contributed by atoms with Gasteiger partial charge >= 0.3 is 0 Å². The van der Waals surface area contributed by atoms with Crippen molar-refractivity contribution < 1.29 is 19.1 Å². The van der Waals surface area contributed by atoms with E-state index in [1.807, 2.05) is 0 Å². The molecule has 32 heavy (non-hydrogen) atoms. The lowest BCUT2D eigenvalue weighted by atomic mass is 10.1. The van der Waals surface area contributed by atoms with Gasteiger partial charge in [0.15, 0.2) is 6.17 Å². The fraction of sp³-hybridized carbons (Fsp3) is 0.318. The molecule has 1 fully saturated rings. The standard InChI is InChI=1S/C22H24Cl2N4O4/c1-32-16-5-2-4-14(12-16)21(30)27-10-3-11-28(20(27)19(29)26-9-8-25)22(31)17-7-6-15(23)13-18(17)24/h2,4-7,12-13,20H,3,8-11,25H2,1H3,(H,26,29). The highest BCUT2D eigenvalue weighted by Crippen LogP contribution is 2.26. The Bertz CT molecular complexity index is 1020. The number of halogens is 2. The third-order valence-electron chi connectivity index (χ3n) is 5.07. The van der Waals surface area contributed by atoms with Crippen LogP contribution in [0.25, 0.3) is 0 Å². The highest BCUT2D eigenvalue weighted by molar-refractivity contribution is 6.36. The number of carbonyl (C=O) groups excluding carboxylic acids is 3. The lowest BCUT2D eigenvalue weighted by molar-refractivity contribution is -0.132. The van der Waals surface area contributed by atoms with Crippen LogP contribution >= 0.6 is 23.2 Å². The van der Waals surface area contributed by atoms with E-state index in [1.54, 1.807) is 30.3 Å². The monoisotopic (exact) mass is 478 g/mol. The second-order valence-corrected chi connectivity index (χ2v) is 8.00. The van der Waals surface area contributed by atoms with Crippen molar-refractivity contribution in [3.05, 3.63) is 63.6 Å². The van der Waals surface area contributed by atoms with Gasteiger partial charge in [-0.15, -0.1) is 0 Å². The summed E-state index contributed by atoms with van der Waals surface area (Å²) < 4.78 is 5.21. The van der Waals surface area contributed by atoms with Gasteiger partial charge in [0.1, 0.15) is 5.75 Å². The summed E-state index contributed by atoms with van der Waals surface area (Å²) in [6.07, 6.45) is -0.666. The maximum atomic E-state index is 13.4. The van der Waals surface area contributed by atoms with Gasteiger partial charge in [-0.05, 0) is 42.8 Å². The summed E-state index contributed by atoms with van der Waals surface area (Å²) in [5.41, 5.74) is 6.07. The van der Waals surface area contributed by atoms with Gasteiger partial charge < -0.3 is 25.6 Å². The average molecular weight is 479 g/mol.